The standard InChI is InChI=1S/C25H26N4O3.ClH/c1-27-11-13-28(14-12-27)24(30)10-8-20-18-29(21-5-3-2-4-6-21)26-25(20)19-7-9-22-23(17-19)32-16-15-31-22;/h2-10,17-18H,11-16H2,1H3;1H/b10-8+;. The van der Waals surface area contributed by atoms with Crippen molar-refractivity contribution in [1.29, 1.82) is 0 Å². The largest absolute Gasteiger partial charge is 0.486 e. The molecule has 7 nitrogen and oxygen atoms in total. The number of para-hydroxylation sites is 1. The van der Waals surface area contributed by atoms with Gasteiger partial charge in [-0.25, -0.2) is 4.68 Å². The topological polar surface area (TPSA) is 59.8 Å². The van der Waals surface area contributed by atoms with Crippen LogP contribution in [0.25, 0.3) is 23.0 Å². The maximum atomic E-state index is 12.8. The molecule has 0 atom stereocenters. The van der Waals surface area contributed by atoms with Gasteiger partial charge >= 0.3 is 0 Å². The number of piperazine rings is 1. The third-order valence-electron chi connectivity index (χ3n) is 5.80. The van der Waals surface area contributed by atoms with Crippen LogP contribution in [0.4, 0.5) is 0 Å². The van der Waals surface area contributed by atoms with Crippen LogP contribution in [0.1, 0.15) is 5.56 Å². The van der Waals surface area contributed by atoms with Crippen molar-refractivity contribution in [2.45, 2.75) is 0 Å². The number of ether oxygens (including phenoxy) is 2. The molecule has 3 aromatic rings. The normalized spacial score (nSPS) is 16.0. The summed E-state index contributed by atoms with van der Waals surface area (Å²) in [6, 6.07) is 15.8. The van der Waals surface area contributed by atoms with Crippen molar-refractivity contribution in [2.24, 2.45) is 0 Å². The van der Waals surface area contributed by atoms with E-state index in [0.29, 0.717) is 19.0 Å². The van der Waals surface area contributed by atoms with Crippen LogP contribution in [0, 0.1) is 0 Å². The van der Waals surface area contributed by atoms with Crippen LogP contribution >= 0.6 is 12.4 Å². The van der Waals surface area contributed by atoms with Crippen molar-refractivity contribution in [3.8, 4) is 28.4 Å². The summed E-state index contributed by atoms with van der Waals surface area (Å²) in [7, 11) is 2.08. The number of carbonyl (C=O) groups excluding carboxylic acids is 1. The first-order valence-corrected chi connectivity index (χ1v) is 10.9. The molecule has 2 aliphatic rings. The Morgan fingerprint density at radius 3 is 2.45 bits per heavy atom. The van der Waals surface area contributed by atoms with E-state index in [1.807, 2.05) is 70.4 Å². The molecule has 0 spiro atoms. The van der Waals surface area contributed by atoms with E-state index in [-0.39, 0.29) is 18.3 Å². The van der Waals surface area contributed by atoms with Gasteiger partial charge in [0.2, 0.25) is 5.91 Å². The van der Waals surface area contributed by atoms with Crippen molar-refractivity contribution in [1.82, 2.24) is 19.6 Å². The minimum atomic E-state index is 0. The molecule has 2 aromatic carbocycles. The molecule has 0 unspecified atom stereocenters. The minimum absolute atomic E-state index is 0. The maximum absolute atomic E-state index is 12.8. The number of amides is 1. The summed E-state index contributed by atoms with van der Waals surface area (Å²) in [5.74, 6) is 1.48. The van der Waals surface area contributed by atoms with E-state index in [4.69, 9.17) is 14.6 Å². The molecule has 0 N–H and O–H groups in total. The Hall–Kier alpha value is -3.29. The monoisotopic (exact) mass is 466 g/mol. The molecular formula is C25H27ClN4O3. The van der Waals surface area contributed by atoms with E-state index in [0.717, 1.165) is 54.4 Å². The van der Waals surface area contributed by atoms with Crippen LogP contribution in [0.5, 0.6) is 11.5 Å². The van der Waals surface area contributed by atoms with E-state index in [1.165, 1.54) is 0 Å². The van der Waals surface area contributed by atoms with Crippen LogP contribution in [-0.4, -0.2) is 71.9 Å². The predicted molar refractivity (Wildman–Crippen MR) is 130 cm³/mol. The number of benzene rings is 2. The molecular weight excluding hydrogens is 440 g/mol. The third-order valence-corrected chi connectivity index (χ3v) is 5.80. The molecule has 1 saturated heterocycles. The summed E-state index contributed by atoms with van der Waals surface area (Å²) in [6.07, 6.45) is 5.47. The lowest BCUT2D eigenvalue weighted by Crippen LogP contribution is -2.46. The van der Waals surface area contributed by atoms with Gasteiger partial charge in [0.1, 0.15) is 18.9 Å². The van der Waals surface area contributed by atoms with Crippen molar-refractivity contribution in [3.63, 3.8) is 0 Å². The second kappa shape index (κ2) is 10.1. The summed E-state index contributed by atoms with van der Waals surface area (Å²) >= 11 is 0. The number of hydrogen-bond acceptors (Lipinski definition) is 5. The Balaban J connectivity index is 0.00000259. The summed E-state index contributed by atoms with van der Waals surface area (Å²) < 4.78 is 13.3. The zero-order chi connectivity index (χ0) is 21.9. The van der Waals surface area contributed by atoms with Crippen LogP contribution in [-0.2, 0) is 4.79 Å². The predicted octanol–water partition coefficient (Wildman–Crippen LogP) is 3.52. The lowest BCUT2D eigenvalue weighted by Gasteiger charge is -2.31. The van der Waals surface area contributed by atoms with E-state index < -0.39 is 0 Å². The Morgan fingerprint density at radius 2 is 1.70 bits per heavy atom. The van der Waals surface area contributed by atoms with Gasteiger partial charge in [-0.3, -0.25) is 4.79 Å². The Bertz CT molecular complexity index is 1140. The molecule has 0 aliphatic carbocycles. The van der Waals surface area contributed by atoms with E-state index in [9.17, 15) is 4.79 Å². The fourth-order valence-corrected chi connectivity index (χ4v) is 3.93. The Kier molecular flexibility index (Phi) is 7.01. The van der Waals surface area contributed by atoms with Crippen LogP contribution in [0.3, 0.4) is 0 Å². The minimum Gasteiger partial charge on any atom is -0.486 e. The molecule has 1 amide bonds. The van der Waals surface area contributed by atoms with E-state index in [1.54, 1.807) is 6.08 Å². The van der Waals surface area contributed by atoms with Gasteiger partial charge in [-0.05, 0) is 43.5 Å². The SMILES string of the molecule is CN1CCN(C(=O)/C=C/c2cn(-c3ccccc3)nc2-c2ccc3c(c2)OCCO3)CC1.Cl. The molecule has 172 valence electrons. The number of fused-ring (bicyclic) bond motifs is 1. The van der Waals surface area contributed by atoms with Crippen LogP contribution < -0.4 is 9.47 Å². The number of carbonyl (C=O) groups is 1. The molecule has 8 heteroatoms. The van der Waals surface area contributed by atoms with Crippen LogP contribution in [0.15, 0.2) is 60.8 Å². The first kappa shape index (κ1) is 22.9. The number of nitrogens with zero attached hydrogens (tertiary/aromatic N) is 4. The molecule has 0 bridgehead atoms. The average Bonchev–Trinajstić information content (AvgIpc) is 3.27. The second-order valence-electron chi connectivity index (χ2n) is 8.03. The smallest absolute Gasteiger partial charge is 0.246 e. The fourth-order valence-electron chi connectivity index (χ4n) is 3.93. The van der Waals surface area contributed by atoms with Gasteiger partial charge in [0, 0.05) is 49.6 Å². The molecule has 3 heterocycles. The zero-order valence-corrected chi connectivity index (χ0v) is 19.3. The Morgan fingerprint density at radius 1 is 0.970 bits per heavy atom. The molecule has 1 fully saturated rings. The van der Waals surface area contributed by atoms with Gasteiger partial charge in [-0.15, -0.1) is 12.4 Å². The number of halogens is 1. The van der Waals surface area contributed by atoms with E-state index >= 15 is 0 Å². The van der Waals surface area contributed by atoms with Crippen molar-refractivity contribution in [2.75, 3.05) is 46.4 Å². The summed E-state index contributed by atoms with van der Waals surface area (Å²) in [6.45, 7) is 4.37. The first-order chi connectivity index (χ1) is 15.7. The van der Waals surface area contributed by atoms with Gasteiger partial charge in [0.05, 0.1) is 5.69 Å². The summed E-state index contributed by atoms with van der Waals surface area (Å²) in [4.78, 5) is 16.9. The van der Waals surface area contributed by atoms with E-state index in [2.05, 4.69) is 11.9 Å². The van der Waals surface area contributed by atoms with Crippen molar-refractivity contribution < 1.29 is 14.3 Å². The zero-order valence-electron chi connectivity index (χ0n) is 18.5. The number of aromatic nitrogens is 2. The van der Waals surface area contributed by atoms with Gasteiger partial charge in [-0.2, -0.15) is 5.10 Å². The van der Waals surface area contributed by atoms with Gasteiger partial charge in [-0.1, -0.05) is 18.2 Å². The molecule has 0 radical (unpaired) electrons. The highest BCUT2D eigenvalue weighted by Crippen LogP contribution is 2.35. The quantitative estimate of drug-likeness (QED) is 0.551. The molecule has 0 saturated carbocycles. The highest BCUT2D eigenvalue weighted by Gasteiger charge is 2.19. The fraction of sp³-hybridized carbons (Fsp3) is 0.280. The lowest BCUT2D eigenvalue weighted by atomic mass is 10.1. The van der Waals surface area contributed by atoms with Gasteiger partial charge in [0.25, 0.3) is 0 Å². The molecule has 5 rings (SSSR count). The average molecular weight is 467 g/mol. The molecule has 1 aromatic heterocycles. The summed E-state index contributed by atoms with van der Waals surface area (Å²) in [5, 5.41) is 4.84. The number of hydrogen-bond donors (Lipinski definition) is 0. The third kappa shape index (κ3) is 5.05. The van der Waals surface area contributed by atoms with Gasteiger partial charge in [0.15, 0.2) is 11.5 Å². The molecule has 2 aliphatic heterocycles. The van der Waals surface area contributed by atoms with Crippen LogP contribution in [0.2, 0.25) is 0 Å². The lowest BCUT2D eigenvalue weighted by molar-refractivity contribution is -0.127. The maximum Gasteiger partial charge on any atom is 0.246 e. The first-order valence-electron chi connectivity index (χ1n) is 10.9. The second-order valence-corrected chi connectivity index (χ2v) is 8.03. The van der Waals surface area contributed by atoms with Gasteiger partial charge < -0.3 is 19.3 Å². The highest BCUT2D eigenvalue weighted by molar-refractivity contribution is 5.93. The molecule has 33 heavy (non-hydrogen) atoms. The summed E-state index contributed by atoms with van der Waals surface area (Å²) in [5.41, 5.74) is 3.52. The highest BCUT2D eigenvalue weighted by atomic mass is 35.5. The Labute approximate surface area is 199 Å². The van der Waals surface area contributed by atoms with Crippen molar-refractivity contribution >= 4 is 24.4 Å². The number of likely N-dealkylation sites (N-methyl/N-ethyl adjacent to an activating group) is 1. The number of rotatable bonds is 4. The van der Waals surface area contributed by atoms with Crippen molar-refractivity contribution in [3.05, 3.63) is 66.4 Å².